The highest BCUT2D eigenvalue weighted by Gasteiger charge is 2.24. The van der Waals surface area contributed by atoms with Gasteiger partial charge in [0.05, 0.1) is 41.7 Å². The molecule has 0 aromatic carbocycles. The molecular formula is C22H34N4O13. The summed E-state index contributed by atoms with van der Waals surface area (Å²) in [6.07, 6.45) is -1.28. The van der Waals surface area contributed by atoms with Gasteiger partial charge in [-0.25, -0.2) is 0 Å². The maximum absolute atomic E-state index is 12.3. The smallest absolute Gasteiger partial charge is 0.325 e. The summed E-state index contributed by atoms with van der Waals surface area (Å²) < 4.78 is 23.1. The third kappa shape index (κ3) is 16.2. The topological polar surface area (TPSA) is 213 Å². The first kappa shape index (κ1) is 34.7. The van der Waals surface area contributed by atoms with Crippen LogP contribution >= 0.6 is 0 Å². The number of rotatable bonds is 18. The Labute approximate surface area is 224 Å². The summed E-state index contributed by atoms with van der Waals surface area (Å²) in [7, 11) is 4.43. The van der Waals surface area contributed by atoms with Gasteiger partial charge in [0.25, 0.3) is 0 Å². The first-order valence-corrected chi connectivity index (χ1v) is 11.4. The number of amides is 4. The molecule has 0 aromatic heterocycles. The molecule has 0 aromatic rings. The number of carbonyl (C=O) groups is 8. The van der Waals surface area contributed by atoms with E-state index in [1.54, 1.807) is 0 Å². The summed E-state index contributed by atoms with van der Waals surface area (Å²) in [6.45, 7) is -2.06. The Morgan fingerprint density at radius 2 is 0.795 bits per heavy atom. The maximum Gasteiger partial charge on any atom is 0.325 e. The van der Waals surface area contributed by atoms with Crippen LogP contribution in [0.2, 0.25) is 0 Å². The van der Waals surface area contributed by atoms with Crippen LogP contribution in [0.15, 0.2) is 0 Å². The van der Waals surface area contributed by atoms with E-state index >= 15 is 0 Å². The Hall–Kier alpha value is -4.28. The summed E-state index contributed by atoms with van der Waals surface area (Å²) in [4.78, 5) is 95.9. The molecule has 0 spiro atoms. The highest BCUT2D eigenvalue weighted by Crippen LogP contribution is 1.99. The van der Waals surface area contributed by atoms with Gasteiger partial charge in [0.15, 0.2) is 0 Å². The zero-order valence-electron chi connectivity index (χ0n) is 22.3. The normalized spacial score (nSPS) is 9.95. The SMILES string of the molecule is COC(=O)CN(CC(=O)OC)C(=O)CC(=O)NCCOCCNC(=O)CC(=O)N(CC(=O)OC)CC(=O)OC. The Balaban J connectivity index is 4.34. The lowest BCUT2D eigenvalue weighted by Gasteiger charge is -2.20. The third-order valence-corrected chi connectivity index (χ3v) is 4.66. The molecule has 0 radical (unpaired) electrons. The summed E-state index contributed by atoms with van der Waals surface area (Å²) in [5.74, 6) is -6.07. The number of hydrogen-bond acceptors (Lipinski definition) is 13. The molecule has 0 saturated heterocycles. The quantitative estimate of drug-likeness (QED) is 0.0715. The van der Waals surface area contributed by atoms with Gasteiger partial charge in [0.2, 0.25) is 23.6 Å². The van der Waals surface area contributed by atoms with E-state index in [0.717, 1.165) is 38.2 Å². The van der Waals surface area contributed by atoms with Gasteiger partial charge in [-0.1, -0.05) is 0 Å². The second-order valence-corrected chi connectivity index (χ2v) is 7.47. The van der Waals surface area contributed by atoms with Crippen molar-refractivity contribution >= 4 is 47.5 Å². The first-order chi connectivity index (χ1) is 18.5. The number of hydrogen-bond donors (Lipinski definition) is 2. The molecule has 2 N–H and O–H groups in total. The van der Waals surface area contributed by atoms with Gasteiger partial charge in [0, 0.05) is 13.1 Å². The van der Waals surface area contributed by atoms with E-state index < -0.39 is 86.5 Å². The standard InChI is InChI=1S/C22H34N4O13/c1-35-19(31)11-25(12-20(32)36-2)17(29)9-15(27)23-5-7-39-8-6-24-16(28)10-18(30)26(13-21(33)37-3)14-22(34)38-4/h5-14H2,1-4H3,(H,23,27)(H,24,28). The van der Waals surface area contributed by atoms with Crippen molar-refractivity contribution in [3.8, 4) is 0 Å². The monoisotopic (exact) mass is 562 g/mol. The van der Waals surface area contributed by atoms with Crippen molar-refractivity contribution in [2.75, 3.05) is 80.9 Å². The van der Waals surface area contributed by atoms with Crippen molar-refractivity contribution in [2.24, 2.45) is 0 Å². The maximum atomic E-state index is 12.3. The number of ether oxygens (including phenoxy) is 5. The van der Waals surface area contributed by atoms with Gasteiger partial charge in [-0.3, -0.25) is 38.4 Å². The van der Waals surface area contributed by atoms with Gasteiger partial charge in [-0.15, -0.1) is 0 Å². The fraction of sp³-hybridized carbons (Fsp3) is 0.636. The molecular weight excluding hydrogens is 528 g/mol. The van der Waals surface area contributed by atoms with Crippen LogP contribution in [0.25, 0.3) is 0 Å². The number of carbonyl (C=O) groups excluding carboxylic acids is 8. The highest BCUT2D eigenvalue weighted by molar-refractivity contribution is 5.99. The molecule has 17 heteroatoms. The summed E-state index contributed by atoms with van der Waals surface area (Å²) in [6, 6.07) is 0. The fourth-order valence-corrected chi connectivity index (χ4v) is 2.60. The van der Waals surface area contributed by atoms with Crippen LogP contribution in [-0.4, -0.2) is 138 Å². The van der Waals surface area contributed by atoms with E-state index in [4.69, 9.17) is 4.74 Å². The molecule has 17 nitrogen and oxygen atoms in total. The molecule has 0 rings (SSSR count). The summed E-state index contributed by atoms with van der Waals surface area (Å²) in [5, 5.41) is 4.85. The second-order valence-electron chi connectivity index (χ2n) is 7.47. The van der Waals surface area contributed by atoms with Crippen LogP contribution < -0.4 is 10.6 Å². The predicted octanol–water partition coefficient (Wildman–Crippen LogP) is -3.64. The molecule has 0 aliphatic carbocycles. The Bertz CT molecular complexity index is 787. The average molecular weight is 563 g/mol. The van der Waals surface area contributed by atoms with Gasteiger partial charge in [-0.05, 0) is 0 Å². The van der Waals surface area contributed by atoms with Crippen molar-refractivity contribution in [1.29, 1.82) is 0 Å². The molecule has 0 saturated carbocycles. The molecule has 0 aliphatic rings. The zero-order valence-corrected chi connectivity index (χ0v) is 22.3. The molecule has 39 heavy (non-hydrogen) atoms. The highest BCUT2D eigenvalue weighted by atomic mass is 16.5. The van der Waals surface area contributed by atoms with Crippen molar-refractivity contribution < 1.29 is 62.0 Å². The van der Waals surface area contributed by atoms with Crippen molar-refractivity contribution in [3.63, 3.8) is 0 Å². The second kappa shape index (κ2) is 19.8. The van der Waals surface area contributed by atoms with Crippen LogP contribution in [0, 0.1) is 0 Å². The van der Waals surface area contributed by atoms with Crippen molar-refractivity contribution in [1.82, 2.24) is 20.4 Å². The Morgan fingerprint density at radius 1 is 0.513 bits per heavy atom. The molecule has 4 amide bonds. The Kier molecular flexibility index (Phi) is 17.6. The molecule has 0 atom stereocenters. The van der Waals surface area contributed by atoms with E-state index in [1.807, 2.05) is 0 Å². The van der Waals surface area contributed by atoms with E-state index in [2.05, 4.69) is 29.6 Å². The van der Waals surface area contributed by atoms with Crippen LogP contribution in [0.1, 0.15) is 12.8 Å². The molecule has 0 aliphatic heterocycles. The summed E-state index contributed by atoms with van der Waals surface area (Å²) in [5.41, 5.74) is 0. The number of nitrogens with one attached hydrogen (secondary N) is 2. The number of nitrogens with zero attached hydrogens (tertiary/aromatic N) is 2. The van der Waals surface area contributed by atoms with Crippen LogP contribution in [0.4, 0.5) is 0 Å². The minimum absolute atomic E-state index is 0.0164. The molecule has 220 valence electrons. The molecule has 0 heterocycles. The first-order valence-electron chi connectivity index (χ1n) is 11.4. The molecule has 0 fully saturated rings. The minimum atomic E-state index is -0.793. The van der Waals surface area contributed by atoms with Crippen molar-refractivity contribution in [2.45, 2.75) is 12.8 Å². The van der Waals surface area contributed by atoms with Crippen LogP contribution in [0.3, 0.4) is 0 Å². The van der Waals surface area contributed by atoms with E-state index in [0.29, 0.717) is 0 Å². The van der Waals surface area contributed by atoms with Crippen molar-refractivity contribution in [3.05, 3.63) is 0 Å². The number of methoxy groups -OCH3 is 4. The van der Waals surface area contributed by atoms with E-state index in [-0.39, 0.29) is 26.3 Å². The van der Waals surface area contributed by atoms with E-state index in [1.165, 1.54) is 0 Å². The van der Waals surface area contributed by atoms with Gasteiger partial charge >= 0.3 is 23.9 Å². The molecule has 0 unspecified atom stereocenters. The lowest BCUT2D eigenvalue weighted by Crippen LogP contribution is -2.42. The lowest BCUT2D eigenvalue weighted by molar-refractivity contribution is -0.153. The molecule has 0 bridgehead atoms. The van der Waals surface area contributed by atoms with Gasteiger partial charge in [-0.2, -0.15) is 0 Å². The Morgan fingerprint density at radius 3 is 1.05 bits per heavy atom. The largest absolute Gasteiger partial charge is 0.468 e. The van der Waals surface area contributed by atoms with E-state index in [9.17, 15) is 38.4 Å². The van der Waals surface area contributed by atoms with Gasteiger partial charge < -0.3 is 44.1 Å². The fourth-order valence-electron chi connectivity index (χ4n) is 2.60. The summed E-state index contributed by atoms with van der Waals surface area (Å²) >= 11 is 0. The van der Waals surface area contributed by atoms with Crippen LogP contribution in [0.5, 0.6) is 0 Å². The van der Waals surface area contributed by atoms with Gasteiger partial charge in [0.1, 0.15) is 39.0 Å². The average Bonchev–Trinajstić information content (AvgIpc) is 2.90. The predicted molar refractivity (Wildman–Crippen MR) is 127 cm³/mol. The van der Waals surface area contributed by atoms with Crippen LogP contribution in [-0.2, 0) is 62.0 Å². The minimum Gasteiger partial charge on any atom is -0.468 e. The number of esters is 4. The third-order valence-electron chi connectivity index (χ3n) is 4.66. The lowest BCUT2D eigenvalue weighted by atomic mass is 10.3. The zero-order chi connectivity index (χ0) is 29.8.